The first-order chi connectivity index (χ1) is 8.60. The molecule has 1 heterocycles. The molecule has 1 unspecified atom stereocenters. The molecular formula is C13H24BrN3O. The van der Waals surface area contributed by atoms with Crippen molar-refractivity contribution in [1.29, 1.82) is 0 Å². The van der Waals surface area contributed by atoms with Crippen molar-refractivity contribution in [1.82, 2.24) is 15.1 Å². The van der Waals surface area contributed by atoms with Crippen LogP contribution < -0.4 is 5.32 Å². The lowest BCUT2D eigenvalue weighted by molar-refractivity contribution is 0.111. The molecule has 0 aliphatic heterocycles. The van der Waals surface area contributed by atoms with Gasteiger partial charge in [0.05, 0.1) is 22.5 Å². The predicted molar refractivity (Wildman–Crippen MR) is 77.9 cm³/mol. The molecule has 1 aromatic heterocycles. The fourth-order valence-electron chi connectivity index (χ4n) is 1.98. The van der Waals surface area contributed by atoms with Gasteiger partial charge in [-0.15, -0.1) is 0 Å². The van der Waals surface area contributed by atoms with E-state index >= 15 is 0 Å². The van der Waals surface area contributed by atoms with Gasteiger partial charge in [0.1, 0.15) is 0 Å². The molecule has 1 aromatic rings. The van der Waals surface area contributed by atoms with E-state index in [4.69, 9.17) is 4.74 Å². The van der Waals surface area contributed by atoms with Crippen molar-refractivity contribution < 1.29 is 4.74 Å². The third-order valence-corrected chi connectivity index (χ3v) is 3.89. The Morgan fingerprint density at radius 1 is 1.44 bits per heavy atom. The Kier molecular flexibility index (Phi) is 6.89. The van der Waals surface area contributed by atoms with Gasteiger partial charge in [-0.05, 0) is 35.8 Å². The first-order valence-electron chi connectivity index (χ1n) is 6.59. The van der Waals surface area contributed by atoms with E-state index in [0.717, 1.165) is 42.8 Å². The first kappa shape index (κ1) is 15.7. The lowest BCUT2D eigenvalue weighted by Crippen LogP contribution is -2.36. The van der Waals surface area contributed by atoms with Crippen LogP contribution in [-0.4, -0.2) is 35.6 Å². The minimum atomic E-state index is 0.340. The van der Waals surface area contributed by atoms with Crippen LogP contribution in [0, 0.1) is 6.92 Å². The summed E-state index contributed by atoms with van der Waals surface area (Å²) in [6, 6.07) is 0.340. The minimum absolute atomic E-state index is 0.340. The SMILES string of the molecule is CCCOCC(Cc1c(Br)c(C)nn1C)NCC. The van der Waals surface area contributed by atoms with Gasteiger partial charge >= 0.3 is 0 Å². The quantitative estimate of drug-likeness (QED) is 0.748. The van der Waals surface area contributed by atoms with Crippen molar-refractivity contribution in [2.75, 3.05) is 19.8 Å². The van der Waals surface area contributed by atoms with Crippen LogP contribution in [0.15, 0.2) is 4.47 Å². The number of hydrogen-bond acceptors (Lipinski definition) is 3. The first-order valence-corrected chi connectivity index (χ1v) is 7.38. The van der Waals surface area contributed by atoms with Gasteiger partial charge in [0.25, 0.3) is 0 Å². The smallest absolute Gasteiger partial charge is 0.0738 e. The molecule has 4 nitrogen and oxygen atoms in total. The summed E-state index contributed by atoms with van der Waals surface area (Å²) in [6.45, 7) is 8.80. The van der Waals surface area contributed by atoms with E-state index in [9.17, 15) is 0 Å². The van der Waals surface area contributed by atoms with Crippen LogP contribution in [0.4, 0.5) is 0 Å². The molecule has 0 radical (unpaired) electrons. The molecule has 5 heteroatoms. The van der Waals surface area contributed by atoms with E-state index in [-0.39, 0.29) is 0 Å². The van der Waals surface area contributed by atoms with Crippen molar-refractivity contribution in [2.24, 2.45) is 7.05 Å². The molecule has 0 saturated heterocycles. The van der Waals surface area contributed by atoms with Crippen molar-refractivity contribution >= 4 is 15.9 Å². The highest BCUT2D eigenvalue weighted by Crippen LogP contribution is 2.21. The Bertz CT molecular complexity index is 365. The zero-order valence-corrected chi connectivity index (χ0v) is 13.4. The van der Waals surface area contributed by atoms with Crippen molar-refractivity contribution in [3.63, 3.8) is 0 Å². The maximum atomic E-state index is 5.65. The van der Waals surface area contributed by atoms with Crippen LogP contribution in [0.5, 0.6) is 0 Å². The third-order valence-electron chi connectivity index (χ3n) is 2.86. The van der Waals surface area contributed by atoms with Crippen LogP contribution >= 0.6 is 15.9 Å². The van der Waals surface area contributed by atoms with Gasteiger partial charge in [-0.3, -0.25) is 4.68 Å². The van der Waals surface area contributed by atoms with Crippen LogP contribution in [0.3, 0.4) is 0 Å². The molecule has 0 saturated carbocycles. The topological polar surface area (TPSA) is 39.1 Å². The standard InChI is InChI=1S/C13H24BrN3O/c1-5-7-18-9-11(15-6-2)8-12-13(14)10(3)16-17(12)4/h11,15H,5-9H2,1-4H3. The summed E-state index contributed by atoms with van der Waals surface area (Å²) >= 11 is 3.61. The molecule has 0 aliphatic carbocycles. The molecule has 0 amide bonds. The Hall–Kier alpha value is -0.390. The number of nitrogens with one attached hydrogen (secondary N) is 1. The van der Waals surface area contributed by atoms with E-state index in [1.165, 1.54) is 5.69 Å². The molecule has 18 heavy (non-hydrogen) atoms. The Labute approximate surface area is 118 Å². The maximum Gasteiger partial charge on any atom is 0.0738 e. The minimum Gasteiger partial charge on any atom is -0.380 e. The second-order valence-electron chi connectivity index (χ2n) is 4.50. The molecule has 0 spiro atoms. The summed E-state index contributed by atoms with van der Waals surface area (Å²) in [4.78, 5) is 0. The van der Waals surface area contributed by atoms with Gasteiger partial charge in [0.2, 0.25) is 0 Å². The largest absolute Gasteiger partial charge is 0.380 e. The van der Waals surface area contributed by atoms with E-state index in [2.05, 4.69) is 40.2 Å². The lowest BCUT2D eigenvalue weighted by Gasteiger charge is -2.18. The summed E-state index contributed by atoms with van der Waals surface area (Å²) in [5, 5.41) is 7.89. The fourth-order valence-corrected chi connectivity index (χ4v) is 2.48. The molecule has 104 valence electrons. The number of aryl methyl sites for hydroxylation is 2. The fraction of sp³-hybridized carbons (Fsp3) is 0.769. The van der Waals surface area contributed by atoms with E-state index in [0.29, 0.717) is 6.04 Å². The zero-order valence-electron chi connectivity index (χ0n) is 11.8. The van der Waals surface area contributed by atoms with E-state index in [1.54, 1.807) is 0 Å². The van der Waals surface area contributed by atoms with Gasteiger partial charge in [-0.1, -0.05) is 13.8 Å². The van der Waals surface area contributed by atoms with E-state index < -0.39 is 0 Å². The average molecular weight is 318 g/mol. The Balaban J connectivity index is 2.64. The van der Waals surface area contributed by atoms with Gasteiger partial charge in [-0.2, -0.15) is 5.10 Å². The van der Waals surface area contributed by atoms with Gasteiger partial charge < -0.3 is 10.1 Å². The van der Waals surface area contributed by atoms with Crippen molar-refractivity contribution in [3.8, 4) is 0 Å². The van der Waals surface area contributed by atoms with Crippen LogP contribution in [0.2, 0.25) is 0 Å². The highest BCUT2D eigenvalue weighted by molar-refractivity contribution is 9.10. The number of nitrogens with zero attached hydrogens (tertiary/aromatic N) is 2. The number of ether oxygens (including phenoxy) is 1. The molecule has 0 aliphatic rings. The summed E-state index contributed by atoms with van der Waals surface area (Å²) in [5.74, 6) is 0. The number of likely N-dealkylation sites (N-methyl/N-ethyl adjacent to an activating group) is 1. The second kappa shape index (κ2) is 7.92. The maximum absolute atomic E-state index is 5.65. The average Bonchev–Trinajstić information content (AvgIpc) is 2.56. The van der Waals surface area contributed by atoms with Crippen LogP contribution in [0.25, 0.3) is 0 Å². The molecule has 1 rings (SSSR count). The van der Waals surface area contributed by atoms with Gasteiger partial charge in [0.15, 0.2) is 0 Å². The van der Waals surface area contributed by atoms with Crippen LogP contribution in [-0.2, 0) is 18.2 Å². The molecule has 0 aromatic carbocycles. The molecule has 1 atom stereocenters. The van der Waals surface area contributed by atoms with Crippen molar-refractivity contribution in [2.45, 2.75) is 39.7 Å². The summed E-state index contributed by atoms with van der Waals surface area (Å²) in [6.07, 6.45) is 1.99. The number of hydrogen-bond donors (Lipinski definition) is 1. The highest BCUT2D eigenvalue weighted by Gasteiger charge is 2.16. The summed E-state index contributed by atoms with van der Waals surface area (Å²) < 4.78 is 8.71. The van der Waals surface area contributed by atoms with Gasteiger partial charge in [-0.25, -0.2) is 0 Å². The lowest BCUT2D eigenvalue weighted by atomic mass is 10.1. The normalized spacial score (nSPS) is 12.9. The predicted octanol–water partition coefficient (Wildman–Crippen LogP) is 2.44. The molecular weight excluding hydrogens is 294 g/mol. The Morgan fingerprint density at radius 3 is 2.67 bits per heavy atom. The number of aromatic nitrogens is 2. The van der Waals surface area contributed by atoms with Crippen molar-refractivity contribution in [3.05, 3.63) is 15.9 Å². The molecule has 0 fully saturated rings. The molecule has 1 N–H and O–H groups in total. The summed E-state index contributed by atoms with van der Waals surface area (Å²) in [5.41, 5.74) is 2.26. The monoisotopic (exact) mass is 317 g/mol. The zero-order chi connectivity index (χ0) is 13.5. The third kappa shape index (κ3) is 4.37. The summed E-state index contributed by atoms with van der Waals surface area (Å²) in [7, 11) is 1.99. The van der Waals surface area contributed by atoms with Gasteiger partial charge in [0, 0.05) is 26.1 Å². The second-order valence-corrected chi connectivity index (χ2v) is 5.30. The molecule has 0 bridgehead atoms. The Morgan fingerprint density at radius 2 is 2.17 bits per heavy atom. The number of halogens is 1. The number of rotatable bonds is 8. The van der Waals surface area contributed by atoms with Crippen LogP contribution in [0.1, 0.15) is 31.7 Å². The highest BCUT2D eigenvalue weighted by atomic mass is 79.9. The van der Waals surface area contributed by atoms with E-state index in [1.807, 2.05) is 18.7 Å².